The van der Waals surface area contributed by atoms with Gasteiger partial charge in [-0.05, 0) is 49.5 Å². The van der Waals surface area contributed by atoms with Crippen molar-refractivity contribution >= 4 is 12.0 Å². The van der Waals surface area contributed by atoms with Gasteiger partial charge >= 0.3 is 5.97 Å². The van der Waals surface area contributed by atoms with Gasteiger partial charge in [-0.3, -0.25) is 0 Å². The Kier molecular flexibility index (Phi) is 3.97. The van der Waals surface area contributed by atoms with E-state index in [2.05, 4.69) is 0 Å². The normalized spacial score (nSPS) is 16.3. The van der Waals surface area contributed by atoms with E-state index < -0.39 is 11.8 Å². The molecule has 0 radical (unpaired) electrons. The lowest BCUT2D eigenvalue weighted by Gasteiger charge is -2.13. The quantitative estimate of drug-likeness (QED) is 0.834. The summed E-state index contributed by atoms with van der Waals surface area (Å²) in [5.74, 6) is -1.01. The molecule has 0 aromatic heterocycles. The third-order valence-electron chi connectivity index (χ3n) is 2.92. The molecule has 0 amide bonds. The van der Waals surface area contributed by atoms with Crippen LogP contribution in [0.1, 0.15) is 31.2 Å². The molecule has 1 aliphatic carbocycles. The number of carboxylic acids is 1. The standard InChI is InChI=1S/C14H15FO3/c15-11-7-10(5-6-14(16)17)8-13(9-11)18-12-3-1-2-4-12/h5-9,12H,1-4H2,(H,16,17)/b6-5+. The second-order valence-corrected chi connectivity index (χ2v) is 4.42. The molecule has 1 aromatic rings. The molecule has 1 N–H and O–H groups in total. The highest BCUT2D eigenvalue weighted by Crippen LogP contribution is 2.25. The molecular weight excluding hydrogens is 235 g/mol. The Balaban J connectivity index is 2.12. The largest absolute Gasteiger partial charge is 0.490 e. The second kappa shape index (κ2) is 5.67. The molecule has 1 saturated carbocycles. The van der Waals surface area contributed by atoms with Gasteiger partial charge in [0.05, 0.1) is 6.10 Å². The highest BCUT2D eigenvalue weighted by Gasteiger charge is 2.16. The number of hydrogen-bond donors (Lipinski definition) is 1. The van der Waals surface area contributed by atoms with Gasteiger partial charge in [-0.25, -0.2) is 9.18 Å². The smallest absolute Gasteiger partial charge is 0.328 e. The number of rotatable bonds is 4. The van der Waals surface area contributed by atoms with E-state index in [9.17, 15) is 9.18 Å². The fourth-order valence-corrected chi connectivity index (χ4v) is 2.11. The lowest BCUT2D eigenvalue weighted by molar-refractivity contribution is -0.131. The minimum Gasteiger partial charge on any atom is -0.490 e. The van der Waals surface area contributed by atoms with Crippen LogP contribution in [-0.2, 0) is 4.79 Å². The highest BCUT2D eigenvalue weighted by molar-refractivity contribution is 5.85. The van der Waals surface area contributed by atoms with Crippen LogP contribution in [0.3, 0.4) is 0 Å². The van der Waals surface area contributed by atoms with Crippen molar-refractivity contribution in [2.24, 2.45) is 0 Å². The molecule has 1 aliphatic rings. The van der Waals surface area contributed by atoms with Gasteiger partial charge in [-0.1, -0.05) is 0 Å². The first kappa shape index (κ1) is 12.6. The molecule has 96 valence electrons. The second-order valence-electron chi connectivity index (χ2n) is 4.42. The predicted octanol–water partition coefficient (Wildman–Crippen LogP) is 3.24. The van der Waals surface area contributed by atoms with Crippen molar-refractivity contribution < 1.29 is 19.0 Å². The number of benzene rings is 1. The fourth-order valence-electron chi connectivity index (χ4n) is 2.11. The number of carbonyl (C=O) groups is 1. The van der Waals surface area contributed by atoms with Crippen molar-refractivity contribution in [3.8, 4) is 5.75 Å². The number of carboxylic acid groups (broad SMARTS) is 1. The molecule has 2 rings (SSSR count). The number of hydrogen-bond acceptors (Lipinski definition) is 2. The van der Waals surface area contributed by atoms with Crippen LogP contribution in [0.5, 0.6) is 5.75 Å². The van der Waals surface area contributed by atoms with E-state index >= 15 is 0 Å². The summed E-state index contributed by atoms with van der Waals surface area (Å²) in [5.41, 5.74) is 0.491. The summed E-state index contributed by atoms with van der Waals surface area (Å²) in [7, 11) is 0. The first-order valence-electron chi connectivity index (χ1n) is 6.02. The van der Waals surface area contributed by atoms with Crippen molar-refractivity contribution in [2.75, 3.05) is 0 Å². The number of aliphatic carboxylic acids is 1. The van der Waals surface area contributed by atoms with Crippen molar-refractivity contribution in [3.63, 3.8) is 0 Å². The maximum atomic E-state index is 13.4. The maximum Gasteiger partial charge on any atom is 0.328 e. The van der Waals surface area contributed by atoms with Crippen LogP contribution in [0.25, 0.3) is 6.08 Å². The molecule has 0 bridgehead atoms. The molecule has 18 heavy (non-hydrogen) atoms. The number of halogens is 1. The molecule has 0 aliphatic heterocycles. The van der Waals surface area contributed by atoms with Gasteiger partial charge < -0.3 is 9.84 Å². The first-order chi connectivity index (χ1) is 8.63. The summed E-state index contributed by atoms with van der Waals surface area (Å²) in [4.78, 5) is 10.4. The van der Waals surface area contributed by atoms with Gasteiger partial charge in [0.1, 0.15) is 11.6 Å². The Morgan fingerprint density at radius 1 is 1.33 bits per heavy atom. The molecule has 0 saturated heterocycles. The van der Waals surface area contributed by atoms with E-state index in [1.54, 1.807) is 6.07 Å². The topological polar surface area (TPSA) is 46.5 Å². The van der Waals surface area contributed by atoms with Crippen molar-refractivity contribution in [1.29, 1.82) is 0 Å². The van der Waals surface area contributed by atoms with E-state index in [0.717, 1.165) is 31.8 Å². The summed E-state index contributed by atoms with van der Waals surface area (Å²) in [5, 5.41) is 8.53. The third-order valence-corrected chi connectivity index (χ3v) is 2.92. The molecular formula is C14H15FO3. The zero-order valence-corrected chi connectivity index (χ0v) is 9.93. The summed E-state index contributed by atoms with van der Waals surface area (Å²) in [6.07, 6.45) is 6.77. The zero-order chi connectivity index (χ0) is 13.0. The van der Waals surface area contributed by atoms with Crippen LogP contribution >= 0.6 is 0 Å². The Labute approximate surface area is 105 Å². The van der Waals surface area contributed by atoms with Crippen molar-refractivity contribution in [2.45, 2.75) is 31.8 Å². The van der Waals surface area contributed by atoms with Crippen molar-refractivity contribution in [1.82, 2.24) is 0 Å². The van der Waals surface area contributed by atoms with Crippen molar-refractivity contribution in [3.05, 3.63) is 35.7 Å². The van der Waals surface area contributed by atoms with E-state index in [-0.39, 0.29) is 6.10 Å². The Bertz CT molecular complexity index is 462. The minimum atomic E-state index is -1.06. The van der Waals surface area contributed by atoms with Crippen LogP contribution in [0.2, 0.25) is 0 Å². The average Bonchev–Trinajstić information content (AvgIpc) is 2.78. The molecule has 0 atom stereocenters. The first-order valence-corrected chi connectivity index (χ1v) is 6.02. The van der Waals surface area contributed by atoms with E-state index in [1.165, 1.54) is 18.2 Å². The number of ether oxygens (including phenoxy) is 1. The lowest BCUT2D eigenvalue weighted by Crippen LogP contribution is -2.11. The molecule has 0 spiro atoms. The van der Waals surface area contributed by atoms with Gasteiger partial charge in [0.15, 0.2) is 0 Å². The van der Waals surface area contributed by atoms with Gasteiger partial charge in [0, 0.05) is 12.1 Å². The van der Waals surface area contributed by atoms with Crippen LogP contribution in [0, 0.1) is 5.82 Å². The average molecular weight is 250 g/mol. The molecule has 0 unspecified atom stereocenters. The van der Waals surface area contributed by atoms with E-state index in [4.69, 9.17) is 9.84 Å². The van der Waals surface area contributed by atoms with E-state index in [1.807, 2.05) is 0 Å². The predicted molar refractivity (Wildman–Crippen MR) is 66.0 cm³/mol. The monoisotopic (exact) mass is 250 g/mol. The fraction of sp³-hybridized carbons (Fsp3) is 0.357. The molecule has 0 heterocycles. The van der Waals surface area contributed by atoms with E-state index in [0.29, 0.717) is 11.3 Å². The third kappa shape index (κ3) is 3.58. The molecule has 4 heteroatoms. The highest BCUT2D eigenvalue weighted by atomic mass is 19.1. The molecule has 1 fully saturated rings. The van der Waals surface area contributed by atoms with Crippen LogP contribution < -0.4 is 4.74 Å². The Morgan fingerprint density at radius 2 is 2.06 bits per heavy atom. The Morgan fingerprint density at radius 3 is 2.72 bits per heavy atom. The van der Waals surface area contributed by atoms with Gasteiger partial charge in [-0.15, -0.1) is 0 Å². The van der Waals surface area contributed by atoms with Gasteiger partial charge in [0.25, 0.3) is 0 Å². The van der Waals surface area contributed by atoms with Crippen LogP contribution in [0.15, 0.2) is 24.3 Å². The summed E-state index contributed by atoms with van der Waals surface area (Å²) < 4.78 is 19.0. The molecule has 1 aromatic carbocycles. The lowest BCUT2D eigenvalue weighted by atomic mass is 10.2. The van der Waals surface area contributed by atoms with Crippen LogP contribution in [-0.4, -0.2) is 17.2 Å². The van der Waals surface area contributed by atoms with Crippen LogP contribution in [0.4, 0.5) is 4.39 Å². The summed E-state index contributed by atoms with van der Waals surface area (Å²) in [6.45, 7) is 0. The maximum absolute atomic E-state index is 13.4. The van der Waals surface area contributed by atoms with Gasteiger partial charge in [0.2, 0.25) is 0 Å². The zero-order valence-electron chi connectivity index (χ0n) is 9.93. The Hall–Kier alpha value is -1.84. The SMILES string of the molecule is O=C(O)/C=C/c1cc(F)cc(OC2CCCC2)c1. The molecule has 3 nitrogen and oxygen atoms in total. The summed E-state index contributed by atoms with van der Waals surface area (Å²) >= 11 is 0. The summed E-state index contributed by atoms with van der Waals surface area (Å²) in [6, 6.07) is 4.26. The minimum absolute atomic E-state index is 0.156. The van der Waals surface area contributed by atoms with Gasteiger partial charge in [-0.2, -0.15) is 0 Å².